The SMILES string of the molecule is CCNC(C)C(C)(C)CN1CCN(c2ccccc2)CC1. The van der Waals surface area contributed by atoms with Gasteiger partial charge in [0.25, 0.3) is 0 Å². The average molecular weight is 289 g/mol. The monoisotopic (exact) mass is 289 g/mol. The van der Waals surface area contributed by atoms with Crippen LogP contribution in [0.25, 0.3) is 0 Å². The summed E-state index contributed by atoms with van der Waals surface area (Å²) in [4.78, 5) is 5.12. The highest BCUT2D eigenvalue weighted by atomic mass is 15.3. The molecule has 118 valence electrons. The second kappa shape index (κ2) is 7.28. The van der Waals surface area contributed by atoms with Crippen molar-refractivity contribution in [1.82, 2.24) is 10.2 Å². The maximum Gasteiger partial charge on any atom is 0.0367 e. The molecular weight excluding hydrogens is 258 g/mol. The van der Waals surface area contributed by atoms with Crippen molar-refractivity contribution in [1.29, 1.82) is 0 Å². The van der Waals surface area contributed by atoms with E-state index in [0.29, 0.717) is 11.5 Å². The molecule has 0 aromatic heterocycles. The Hall–Kier alpha value is -1.06. The van der Waals surface area contributed by atoms with Crippen LogP contribution in [0.2, 0.25) is 0 Å². The van der Waals surface area contributed by atoms with Crippen LogP contribution in [-0.4, -0.2) is 50.2 Å². The first-order valence-electron chi connectivity index (χ1n) is 8.28. The van der Waals surface area contributed by atoms with Crippen LogP contribution in [0.4, 0.5) is 5.69 Å². The van der Waals surface area contributed by atoms with Crippen molar-refractivity contribution in [2.45, 2.75) is 33.7 Å². The molecular formula is C18H31N3. The van der Waals surface area contributed by atoms with Crippen LogP contribution in [0.1, 0.15) is 27.7 Å². The molecule has 0 amide bonds. The number of para-hydroxylation sites is 1. The molecule has 1 N–H and O–H groups in total. The fourth-order valence-electron chi connectivity index (χ4n) is 3.10. The second-order valence-electron chi connectivity index (χ2n) is 6.87. The van der Waals surface area contributed by atoms with Gasteiger partial charge in [0.1, 0.15) is 0 Å². The normalized spacial score (nSPS) is 18.8. The fourth-order valence-corrected chi connectivity index (χ4v) is 3.10. The number of piperazine rings is 1. The van der Waals surface area contributed by atoms with Gasteiger partial charge < -0.3 is 10.2 Å². The third-order valence-corrected chi connectivity index (χ3v) is 4.81. The molecule has 1 heterocycles. The lowest BCUT2D eigenvalue weighted by atomic mass is 9.84. The average Bonchev–Trinajstić information content (AvgIpc) is 2.49. The summed E-state index contributed by atoms with van der Waals surface area (Å²) < 4.78 is 0. The van der Waals surface area contributed by atoms with E-state index in [1.807, 2.05) is 0 Å². The quantitative estimate of drug-likeness (QED) is 0.869. The molecule has 1 aromatic rings. The Morgan fingerprint density at radius 1 is 1.10 bits per heavy atom. The zero-order valence-corrected chi connectivity index (χ0v) is 14.1. The maximum atomic E-state index is 3.57. The highest BCUT2D eigenvalue weighted by Gasteiger charge is 2.29. The van der Waals surface area contributed by atoms with E-state index in [4.69, 9.17) is 0 Å². The smallest absolute Gasteiger partial charge is 0.0367 e. The summed E-state index contributed by atoms with van der Waals surface area (Å²) in [6.45, 7) is 16.1. The summed E-state index contributed by atoms with van der Waals surface area (Å²) >= 11 is 0. The molecule has 2 rings (SSSR count). The molecule has 1 atom stereocenters. The Morgan fingerprint density at radius 2 is 1.71 bits per heavy atom. The summed E-state index contributed by atoms with van der Waals surface area (Å²) in [6.07, 6.45) is 0. The highest BCUT2D eigenvalue weighted by Crippen LogP contribution is 2.24. The Kier molecular flexibility index (Phi) is 5.65. The Balaban J connectivity index is 1.84. The van der Waals surface area contributed by atoms with E-state index in [9.17, 15) is 0 Å². The van der Waals surface area contributed by atoms with Crippen LogP contribution in [0.3, 0.4) is 0 Å². The van der Waals surface area contributed by atoms with Crippen LogP contribution < -0.4 is 10.2 Å². The van der Waals surface area contributed by atoms with Gasteiger partial charge in [-0.1, -0.05) is 39.0 Å². The Bertz CT molecular complexity index is 408. The van der Waals surface area contributed by atoms with Gasteiger partial charge >= 0.3 is 0 Å². The van der Waals surface area contributed by atoms with Crippen molar-refractivity contribution in [3.63, 3.8) is 0 Å². The number of nitrogens with zero attached hydrogens (tertiary/aromatic N) is 2. The van der Waals surface area contributed by atoms with Gasteiger partial charge in [-0.3, -0.25) is 4.90 Å². The molecule has 1 unspecified atom stereocenters. The van der Waals surface area contributed by atoms with Gasteiger partial charge in [0, 0.05) is 44.5 Å². The molecule has 0 saturated carbocycles. The van der Waals surface area contributed by atoms with Crippen LogP contribution in [-0.2, 0) is 0 Å². The molecule has 0 bridgehead atoms. The molecule has 1 saturated heterocycles. The molecule has 0 radical (unpaired) electrons. The topological polar surface area (TPSA) is 18.5 Å². The number of rotatable bonds is 6. The summed E-state index contributed by atoms with van der Waals surface area (Å²) in [5.74, 6) is 0. The lowest BCUT2D eigenvalue weighted by Crippen LogP contribution is -2.52. The van der Waals surface area contributed by atoms with Crippen molar-refractivity contribution < 1.29 is 0 Å². The van der Waals surface area contributed by atoms with E-state index >= 15 is 0 Å². The summed E-state index contributed by atoms with van der Waals surface area (Å²) in [7, 11) is 0. The summed E-state index contributed by atoms with van der Waals surface area (Å²) in [5.41, 5.74) is 1.67. The van der Waals surface area contributed by atoms with Gasteiger partial charge in [0.05, 0.1) is 0 Å². The Morgan fingerprint density at radius 3 is 2.29 bits per heavy atom. The van der Waals surface area contributed by atoms with E-state index in [2.05, 4.69) is 73.1 Å². The minimum Gasteiger partial charge on any atom is -0.369 e. The first kappa shape index (κ1) is 16.3. The van der Waals surface area contributed by atoms with Crippen molar-refractivity contribution in [2.75, 3.05) is 44.2 Å². The van der Waals surface area contributed by atoms with Crippen LogP contribution in [0, 0.1) is 5.41 Å². The zero-order valence-electron chi connectivity index (χ0n) is 14.1. The summed E-state index contributed by atoms with van der Waals surface area (Å²) in [6, 6.07) is 11.3. The maximum absolute atomic E-state index is 3.57. The van der Waals surface area contributed by atoms with Crippen LogP contribution in [0.15, 0.2) is 30.3 Å². The van der Waals surface area contributed by atoms with Crippen LogP contribution in [0.5, 0.6) is 0 Å². The first-order chi connectivity index (χ1) is 10.0. The fraction of sp³-hybridized carbons (Fsp3) is 0.667. The third-order valence-electron chi connectivity index (χ3n) is 4.81. The van der Waals surface area contributed by atoms with Crippen molar-refractivity contribution >= 4 is 5.69 Å². The molecule has 1 aromatic carbocycles. The molecule has 1 aliphatic heterocycles. The predicted octanol–water partition coefficient (Wildman–Crippen LogP) is 2.83. The second-order valence-corrected chi connectivity index (χ2v) is 6.87. The van der Waals surface area contributed by atoms with Crippen molar-refractivity contribution in [3.05, 3.63) is 30.3 Å². The molecule has 0 aliphatic carbocycles. The van der Waals surface area contributed by atoms with Gasteiger partial charge in [-0.25, -0.2) is 0 Å². The van der Waals surface area contributed by atoms with Gasteiger partial charge in [-0.05, 0) is 31.0 Å². The van der Waals surface area contributed by atoms with Gasteiger partial charge in [-0.2, -0.15) is 0 Å². The van der Waals surface area contributed by atoms with Crippen molar-refractivity contribution in [3.8, 4) is 0 Å². The molecule has 21 heavy (non-hydrogen) atoms. The van der Waals surface area contributed by atoms with Gasteiger partial charge in [0.15, 0.2) is 0 Å². The number of benzene rings is 1. The van der Waals surface area contributed by atoms with E-state index in [1.165, 1.54) is 12.2 Å². The minimum atomic E-state index is 0.310. The number of nitrogens with one attached hydrogen (secondary N) is 1. The summed E-state index contributed by atoms with van der Waals surface area (Å²) in [5, 5.41) is 3.57. The molecule has 1 aliphatic rings. The van der Waals surface area contributed by atoms with Crippen molar-refractivity contribution in [2.24, 2.45) is 5.41 Å². The van der Waals surface area contributed by atoms with E-state index in [-0.39, 0.29) is 0 Å². The standard InChI is InChI=1S/C18H31N3/c1-5-19-16(2)18(3,4)15-20-11-13-21(14-12-20)17-9-7-6-8-10-17/h6-10,16,19H,5,11-15H2,1-4H3. The van der Waals surface area contributed by atoms with E-state index < -0.39 is 0 Å². The number of anilines is 1. The lowest BCUT2D eigenvalue weighted by Gasteiger charge is -2.42. The molecule has 3 nitrogen and oxygen atoms in total. The highest BCUT2D eigenvalue weighted by molar-refractivity contribution is 5.46. The van der Waals surface area contributed by atoms with E-state index in [1.54, 1.807) is 0 Å². The third kappa shape index (κ3) is 4.45. The number of hydrogen-bond acceptors (Lipinski definition) is 3. The van der Waals surface area contributed by atoms with Crippen LogP contribution >= 0.6 is 0 Å². The molecule has 0 spiro atoms. The largest absolute Gasteiger partial charge is 0.369 e. The predicted molar refractivity (Wildman–Crippen MR) is 92.0 cm³/mol. The lowest BCUT2D eigenvalue weighted by molar-refractivity contribution is 0.138. The zero-order chi connectivity index (χ0) is 15.3. The van der Waals surface area contributed by atoms with E-state index in [0.717, 1.165) is 32.7 Å². The molecule has 3 heteroatoms. The molecule has 1 fully saturated rings. The minimum absolute atomic E-state index is 0.310. The van der Waals surface area contributed by atoms with Gasteiger partial charge in [0.2, 0.25) is 0 Å². The Labute approximate surface area is 130 Å². The van der Waals surface area contributed by atoms with Gasteiger partial charge in [-0.15, -0.1) is 0 Å². The first-order valence-corrected chi connectivity index (χ1v) is 8.28. The number of hydrogen-bond donors (Lipinski definition) is 1.